The molecule has 0 aromatic carbocycles. The Morgan fingerprint density at radius 2 is 0.917 bits per heavy atom. The van der Waals surface area contributed by atoms with Crippen LogP contribution >= 0.6 is 0 Å². The van der Waals surface area contributed by atoms with Crippen LogP contribution in [0.2, 0.25) is 0 Å². The summed E-state index contributed by atoms with van der Waals surface area (Å²) in [5, 5.41) is 3.03. The highest BCUT2D eigenvalue weighted by molar-refractivity contribution is 5.75. The average Bonchev–Trinajstić information content (AvgIpc) is 1.91. The van der Waals surface area contributed by atoms with Gasteiger partial charge in [-0.1, -0.05) is 48.5 Å². The first-order valence-electron chi connectivity index (χ1n) is 4.68. The second-order valence-corrected chi connectivity index (χ2v) is 3.18. The van der Waals surface area contributed by atoms with Gasteiger partial charge in [0.1, 0.15) is 0 Å². The zero-order valence-electron chi connectivity index (χ0n) is 10.2. The van der Waals surface area contributed by atoms with Crippen LogP contribution in [0.4, 0.5) is 0 Å². The predicted octanol–water partition coefficient (Wildman–Crippen LogP) is 2.92. The van der Waals surface area contributed by atoms with Gasteiger partial charge in [-0.25, -0.2) is 0 Å². The molecule has 0 saturated heterocycles. The predicted molar refractivity (Wildman–Crippen MR) is 61.8 cm³/mol. The third-order valence-corrected chi connectivity index (χ3v) is 0.577. The van der Waals surface area contributed by atoms with E-state index in [4.69, 9.17) is 0 Å². The molecule has 0 aliphatic heterocycles. The van der Waals surface area contributed by atoms with Crippen molar-refractivity contribution in [3.05, 3.63) is 0 Å². The fourth-order valence-electron chi connectivity index (χ4n) is 0. The van der Waals surface area contributed by atoms with Crippen LogP contribution < -0.4 is 5.32 Å². The molecule has 1 nitrogen and oxygen atoms in total. The van der Waals surface area contributed by atoms with Crippen LogP contribution in [0.5, 0.6) is 0 Å². The van der Waals surface area contributed by atoms with Gasteiger partial charge in [0.25, 0.3) is 0 Å². The van der Waals surface area contributed by atoms with Gasteiger partial charge in [-0.05, 0) is 13.0 Å². The number of rotatable bonds is 1. The molecule has 0 saturated carbocycles. The molecule has 0 bridgehead atoms. The fourth-order valence-corrected chi connectivity index (χ4v) is 0. The van der Waals surface area contributed by atoms with Gasteiger partial charge in [-0.15, -0.1) is 0 Å². The minimum atomic E-state index is 0. The zero-order valence-corrected chi connectivity index (χ0v) is 10.2. The highest BCUT2D eigenvalue weighted by Crippen LogP contribution is 1.81. The van der Waals surface area contributed by atoms with Crippen molar-refractivity contribution in [1.82, 2.24) is 5.32 Å². The number of hydrogen-bond acceptors (Lipinski definition) is 1. The van der Waals surface area contributed by atoms with Gasteiger partial charge in [0.05, 0.1) is 0 Å². The SMILES string of the molecule is CC.CC(C)C.CNC(C)C.[B]. The Morgan fingerprint density at radius 1 is 0.833 bits per heavy atom. The van der Waals surface area contributed by atoms with Gasteiger partial charge in [-0.2, -0.15) is 0 Å². The Hall–Kier alpha value is 0.0249. The van der Waals surface area contributed by atoms with E-state index in [2.05, 4.69) is 39.9 Å². The van der Waals surface area contributed by atoms with Gasteiger partial charge in [0, 0.05) is 14.5 Å². The molecule has 0 aromatic heterocycles. The maximum absolute atomic E-state index is 3.03. The topological polar surface area (TPSA) is 12.0 Å². The van der Waals surface area contributed by atoms with Crippen molar-refractivity contribution in [3.63, 3.8) is 0 Å². The lowest BCUT2D eigenvalue weighted by Crippen LogP contribution is -2.15. The summed E-state index contributed by atoms with van der Waals surface area (Å²) in [6, 6.07) is 0.634. The highest BCUT2D eigenvalue weighted by atomic mass is 14.8. The van der Waals surface area contributed by atoms with Crippen LogP contribution in [0.25, 0.3) is 0 Å². The largest absolute Gasteiger partial charge is 0.318 e. The first-order valence-corrected chi connectivity index (χ1v) is 4.68. The molecular formula is C10H27BN. The standard InChI is InChI=1S/C4H11N.C4H10.C2H6.B/c1-4(2)5-3;1-4(2)3;1-2;/h4-5H,1-3H3;4H,1-3H3;1-2H3;. The lowest BCUT2D eigenvalue weighted by Gasteiger charge is -1.95. The second kappa shape index (κ2) is 22.5. The van der Waals surface area contributed by atoms with Crippen molar-refractivity contribution >= 4 is 8.41 Å². The lowest BCUT2D eigenvalue weighted by atomic mass is 10.3. The van der Waals surface area contributed by atoms with Crippen LogP contribution in [0.3, 0.4) is 0 Å². The molecule has 0 spiro atoms. The van der Waals surface area contributed by atoms with Crippen molar-refractivity contribution in [3.8, 4) is 0 Å². The van der Waals surface area contributed by atoms with Crippen LogP contribution in [-0.4, -0.2) is 21.5 Å². The van der Waals surface area contributed by atoms with Crippen LogP contribution in [0.1, 0.15) is 48.5 Å². The van der Waals surface area contributed by atoms with Crippen molar-refractivity contribution in [2.75, 3.05) is 7.05 Å². The van der Waals surface area contributed by atoms with E-state index < -0.39 is 0 Å². The van der Waals surface area contributed by atoms with E-state index in [1.54, 1.807) is 0 Å². The Kier molecular flexibility index (Phi) is 42.5. The third-order valence-electron chi connectivity index (χ3n) is 0.577. The minimum Gasteiger partial charge on any atom is -0.318 e. The van der Waals surface area contributed by atoms with Crippen molar-refractivity contribution in [2.45, 2.75) is 54.5 Å². The summed E-state index contributed by atoms with van der Waals surface area (Å²) in [5.74, 6) is 0.833. The van der Waals surface area contributed by atoms with E-state index in [0.717, 1.165) is 5.92 Å². The van der Waals surface area contributed by atoms with E-state index in [0.29, 0.717) is 6.04 Å². The van der Waals surface area contributed by atoms with Gasteiger partial charge in [0.15, 0.2) is 0 Å². The van der Waals surface area contributed by atoms with Crippen LogP contribution in [-0.2, 0) is 0 Å². The fraction of sp³-hybridized carbons (Fsp3) is 1.00. The van der Waals surface area contributed by atoms with Crippen LogP contribution in [0.15, 0.2) is 0 Å². The van der Waals surface area contributed by atoms with Crippen molar-refractivity contribution < 1.29 is 0 Å². The molecule has 12 heavy (non-hydrogen) atoms. The third kappa shape index (κ3) is 199. The maximum Gasteiger partial charge on any atom is 0.000733 e. The highest BCUT2D eigenvalue weighted by Gasteiger charge is 1.76. The Morgan fingerprint density at radius 3 is 0.917 bits per heavy atom. The zero-order chi connectivity index (χ0) is 9.86. The summed E-state index contributed by atoms with van der Waals surface area (Å²) >= 11 is 0. The molecule has 1 N–H and O–H groups in total. The summed E-state index contributed by atoms with van der Waals surface area (Å²) in [7, 11) is 1.95. The Labute approximate surface area is 81.9 Å². The molecule has 0 atom stereocenters. The molecule has 2 heteroatoms. The molecule has 0 rings (SSSR count). The van der Waals surface area contributed by atoms with E-state index in [-0.39, 0.29) is 8.41 Å². The normalized spacial score (nSPS) is 7.50. The molecule has 0 unspecified atom stereocenters. The van der Waals surface area contributed by atoms with Gasteiger partial charge in [0.2, 0.25) is 0 Å². The molecule has 3 radical (unpaired) electrons. The molecule has 0 aliphatic rings. The lowest BCUT2D eigenvalue weighted by molar-refractivity contribution is 0.668. The summed E-state index contributed by atoms with van der Waals surface area (Å²) in [6.07, 6.45) is 0. The van der Waals surface area contributed by atoms with E-state index in [1.165, 1.54) is 0 Å². The van der Waals surface area contributed by atoms with E-state index in [9.17, 15) is 0 Å². The maximum atomic E-state index is 3.03. The Balaban J connectivity index is -0.0000000419. The van der Waals surface area contributed by atoms with E-state index in [1.807, 2.05) is 20.9 Å². The van der Waals surface area contributed by atoms with Gasteiger partial charge >= 0.3 is 0 Å². The van der Waals surface area contributed by atoms with Gasteiger partial charge < -0.3 is 5.32 Å². The molecule has 0 heterocycles. The smallest absolute Gasteiger partial charge is 0.000733 e. The first kappa shape index (κ1) is 22.7. The first-order chi connectivity index (χ1) is 5.00. The van der Waals surface area contributed by atoms with E-state index >= 15 is 0 Å². The summed E-state index contributed by atoms with van der Waals surface area (Å²) < 4.78 is 0. The Bertz CT molecular complexity index is 42.3. The number of nitrogens with one attached hydrogen (secondary N) is 1. The van der Waals surface area contributed by atoms with Crippen molar-refractivity contribution in [1.29, 1.82) is 0 Å². The molecular weight excluding hydrogens is 145 g/mol. The quantitative estimate of drug-likeness (QED) is 0.599. The molecule has 0 fully saturated rings. The monoisotopic (exact) mass is 172 g/mol. The number of hydrogen-bond donors (Lipinski definition) is 1. The van der Waals surface area contributed by atoms with Crippen LogP contribution in [0, 0.1) is 5.92 Å². The average molecular weight is 172 g/mol. The minimum absolute atomic E-state index is 0. The molecule has 0 aliphatic carbocycles. The summed E-state index contributed by atoms with van der Waals surface area (Å²) in [6.45, 7) is 14.7. The second-order valence-electron chi connectivity index (χ2n) is 3.18. The van der Waals surface area contributed by atoms with Crippen molar-refractivity contribution in [2.24, 2.45) is 5.92 Å². The molecule has 75 valence electrons. The summed E-state index contributed by atoms with van der Waals surface area (Å²) in [4.78, 5) is 0. The molecule has 0 amide bonds. The molecule has 0 aromatic rings. The van der Waals surface area contributed by atoms with Gasteiger partial charge in [-0.3, -0.25) is 0 Å². The summed E-state index contributed by atoms with van der Waals surface area (Å²) in [5.41, 5.74) is 0.